The number of rotatable bonds is 4. The number of methoxy groups -OCH3 is 1. The minimum absolute atomic E-state index is 0.135. The average Bonchev–Trinajstić information content (AvgIpc) is 3.07. The summed E-state index contributed by atoms with van der Waals surface area (Å²) in [4.78, 5) is 5.18. The minimum Gasteiger partial charge on any atom is -0.493 e. The van der Waals surface area contributed by atoms with Gasteiger partial charge in [-0.15, -0.1) is 0 Å². The number of hydrogen-bond donors (Lipinski definition) is 0. The van der Waals surface area contributed by atoms with Crippen LogP contribution in [0, 0.1) is 0 Å². The maximum absolute atomic E-state index is 6.54. The van der Waals surface area contributed by atoms with Crippen LogP contribution in [0.2, 0.25) is 0 Å². The zero-order chi connectivity index (χ0) is 19.2. The molecule has 2 aromatic rings. The molecule has 0 aromatic heterocycles. The van der Waals surface area contributed by atoms with Gasteiger partial charge in [0.1, 0.15) is 5.60 Å². The smallest absolute Gasteiger partial charge is 0.166 e. The van der Waals surface area contributed by atoms with Crippen LogP contribution in [-0.4, -0.2) is 24.0 Å². The third kappa shape index (κ3) is 2.93. The molecule has 0 spiro atoms. The van der Waals surface area contributed by atoms with Gasteiger partial charge < -0.3 is 9.47 Å². The van der Waals surface area contributed by atoms with Crippen LogP contribution in [0.25, 0.3) is 0 Å². The molecule has 0 amide bonds. The third-order valence-electron chi connectivity index (χ3n) is 6.07. The van der Waals surface area contributed by atoms with Crippen LogP contribution in [0.1, 0.15) is 62.8 Å². The summed E-state index contributed by atoms with van der Waals surface area (Å²) in [6.07, 6.45) is 3.80. The van der Waals surface area contributed by atoms with Crippen molar-refractivity contribution >= 4 is 5.71 Å². The largest absolute Gasteiger partial charge is 0.493 e. The molecular weight excluding hydrogens is 334 g/mol. The van der Waals surface area contributed by atoms with Crippen LogP contribution in [0.5, 0.6) is 11.5 Å². The van der Waals surface area contributed by atoms with Crippen molar-refractivity contribution in [2.75, 3.05) is 7.11 Å². The topological polar surface area (TPSA) is 30.8 Å². The zero-order valence-corrected chi connectivity index (χ0v) is 17.1. The number of aliphatic imine (C=N–C) groups is 1. The van der Waals surface area contributed by atoms with E-state index in [1.807, 2.05) is 0 Å². The first-order valence-electron chi connectivity index (χ1n) is 9.99. The predicted molar refractivity (Wildman–Crippen MR) is 111 cm³/mol. The lowest BCUT2D eigenvalue weighted by atomic mass is 9.80. The molecule has 0 radical (unpaired) electrons. The summed E-state index contributed by atoms with van der Waals surface area (Å²) in [5, 5.41) is 0. The van der Waals surface area contributed by atoms with Gasteiger partial charge >= 0.3 is 0 Å². The Hall–Kier alpha value is -2.29. The molecule has 27 heavy (non-hydrogen) atoms. The summed E-state index contributed by atoms with van der Waals surface area (Å²) in [7, 11) is 1.74. The minimum atomic E-state index is -0.139. The van der Waals surface area contributed by atoms with Crippen LogP contribution in [-0.2, 0) is 12.8 Å². The Morgan fingerprint density at radius 1 is 1.07 bits per heavy atom. The van der Waals surface area contributed by atoms with Crippen molar-refractivity contribution in [3.8, 4) is 11.5 Å². The summed E-state index contributed by atoms with van der Waals surface area (Å²) in [6, 6.07) is 12.7. The molecule has 2 aliphatic rings. The molecule has 3 heteroatoms. The Morgan fingerprint density at radius 2 is 1.78 bits per heavy atom. The van der Waals surface area contributed by atoms with Gasteiger partial charge in [0.05, 0.1) is 18.4 Å². The van der Waals surface area contributed by atoms with Crippen LogP contribution >= 0.6 is 0 Å². The average molecular weight is 364 g/mol. The van der Waals surface area contributed by atoms with Gasteiger partial charge in [-0.1, -0.05) is 44.2 Å². The molecule has 2 aliphatic heterocycles. The van der Waals surface area contributed by atoms with Gasteiger partial charge in [0.15, 0.2) is 11.5 Å². The van der Waals surface area contributed by atoms with Gasteiger partial charge in [0, 0.05) is 23.1 Å². The lowest BCUT2D eigenvalue weighted by Gasteiger charge is -2.31. The van der Waals surface area contributed by atoms with Crippen molar-refractivity contribution in [2.24, 2.45) is 4.99 Å². The SMILES string of the molecule is CCC1(CC)Cc2c(c(OC)cc3c2C(c2ccccc2)=NC(C)(C)C3)O1. The zero-order valence-electron chi connectivity index (χ0n) is 17.1. The van der Waals surface area contributed by atoms with E-state index in [1.165, 1.54) is 22.3 Å². The van der Waals surface area contributed by atoms with Crippen molar-refractivity contribution < 1.29 is 9.47 Å². The highest BCUT2D eigenvalue weighted by atomic mass is 16.5. The molecule has 0 N–H and O–H groups in total. The molecule has 0 saturated heterocycles. The van der Waals surface area contributed by atoms with Gasteiger partial charge in [-0.25, -0.2) is 0 Å². The highest BCUT2D eigenvalue weighted by molar-refractivity contribution is 6.16. The Kier molecular flexibility index (Phi) is 4.29. The Balaban J connectivity index is 1.97. The predicted octanol–water partition coefficient (Wildman–Crippen LogP) is 5.36. The van der Waals surface area contributed by atoms with Crippen molar-refractivity contribution in [2.45, 2.75) is 64.5 Å². The maximum atomic E-state index is 6.54. The summed E-state index contributed by atoms with van der Waals surface area (Å²) >= 11 is 0. The number of hydrogen-bond acceptors (Lipinski definition) is 3. The summed E-state index contributed by atoms with van der Waals surface area (Å²) in [6.45, 7) is 8.84. The van der Waals surface area contributed by atoms with Crippen LogP contribution in [0.15, 0.2) is 41.4 Å². The molecule has 2 aromatic carbocycles. The van der Waals surface area contributed by atoms with Crippen molar-refractivity contribution in [3.05, 3.63) is 58.7 Å². The van der Waals surface area contributed by atoms with E-state index in [4.69, 9.17) is 14.5 Å². The molecule has 0 saturated carbocycles. The first kappa shape index (κ1) is 18.1. The summed E-state index contributed by atoms with van der Waals surface area (Å²) in [5.41, 5.74) is 5.84. The fraction of sp³-hybridized carbons (Fsp3) is 0.458. The van der Waals surface area contributed by atoms with E-state index in [1.54, 1.807) is 7.11 Å². The second kappa shape index (κ2) is 6.40. The number of ether oxygens (including phenoxy) is 2. The van der Waals surface area contributed by atoms with E-state index < -0.39 is 0 Å². The van der Waals surface area contributed by atoms with E-state index >= 15 is 0 Å². The molecule has 0 unspecified atom stereocenters. The molecular formula is C24H29NO2. The number of benzene rings is 2. The summed E-state index contributed by atoms with van der Waals surface area (Å²) in [5.74, 6) is 1.78. The fourth-order valence-corrected chi connectivity index (χ4v) is 4.51. The van der Waals surface area contributed by atoms with E-state index in [9.17, 15) is 0 Å². The first-order valence-corrected chi connectivity index (χ1v) is 9.99. The Bertz CT molecular complexity index is 892. The molecule has 0 bridgehead atoms. The Labute approximate surface area is 162 Å². The van der Waals surface area contributed by atoms with Crippen LogP contribution in [0.3, 0.4) is 0 Å². The molecule has 3 nitrogen and oxygen atoms in total. The monoisotopic (exact) mass is 363 g/mol. The lowest BCUT2D eigenvalue weighted by molar-refractivity contribution is 0.0828. The van der Waals surface area contributed by atoms with Gasteiger partial charge in [-0.3, -0.25) is 4.99 Å². The van der Waals surface area contributed by atoms with Crippen LogP contribution < -0.4 is 9.47 Å². The fourth-order valence-electron chi connectivity index (χ4n) is 4.51. The maximum Gasteiger partial charge on any atom is 0.166 e. The summed E-state index contributed by atoms with van der Waals surface area (Å²) < 4.78 is 12.3. The number of nitrogens with zero attached hydrogens (tertiary/aromatic N) is 1. The van der Waals surface area contributed by atoms with Crippen molar-refractivity contribution in [3.63, 3.8) is 0 Å². The molecule has 4 rings (SSSR count). The second-order valence-corrected chi connectivity index (χ2v) is 8.41. The standard InChI is InChI=1S/C24H29NO2/c1-6-24(7-2)15-18-20-17(13-19(26-5)22(18)27-24)14-23(3,4)25-21(20)16-11-9-8-10-12-16/h8-13H,6-7,14-15H2,1-5H3. The van der Waals surface area contributed by atoms with Crippen LogP contribution in [0.4, 0.5) is 0 Å². The first-order chi connectivity index (χ1) is 12.9. The van der Waals surface area contributed by atoms with E-state index in [-0.39, 0.29) is 11.1 Å². The number of fused-ring (bicyclic) bond motifs is 3. The van der Waals surface area contributed by atoms with E-state index in [2.05, 4.69) is 64.1 Å². The van der Waals surface area contributed by atoms with Gasteiger partial charge in [-0.05, 0) is 44.7 Å². The third-order valence-corrected chi connectivity index (χ3v) is 6.07. The molecule has 0 aliphatic carbocycles. The van der Waals surface area contributed by atoms with Crippen molar-refractivity contribution in [1.82, 2.24) is 0 Å². The Morgan fingerprint density at radius 3 is 2.41 bits per heavy atom. The quantitative estimate of drug-likeness (QED) is 0.732. The molecule has 142 valence electrons. The van der Waals surface area contributed by atoms with Gasteiger partial charge in [0.2, 0.25) is 0 Å². The molecule has 0 fully saturated rings. The highest BCUT2D eigenvalue weighted by Crippen LogP contribution is 2.49. The van der Waals surface area contributed by atoms with Gasteiger partial charge in [-0.2, -0.15) is 0 Å². The normalized spacial score (nSPS) is 18.9. The van der Waals surface area contributed by atoms with E-state index in [0.717, 1.165) is 42.9 Å². The lowest BCUT2D eigenvalue weighted by Crippen LogP contribution is -2.33. The molecule has 0 atom stereocenters. The van der Waals surface area contributed by atoms with Gasteiger partial charge in [0.25, 0.3) is 0 Å². The second-order valence-electron chi connectivity index (χ2n) is 8.41. The van der Waals surface area contributed by atoms with E-state index in [0.29, 0.717) is 0 Å². The highest BCUT2D eigenvalue weighted by Gasteiger charge is 2.42. The van der Waals surface area contributed by atoms with Crippen molar-refractivity contribution in [1.29, 1.82) is 0 Å². The molecule has 2 heterocycles.